The van der Waals surface area contributed by atoms with Crippen LogP contribution in [0.25, 0.3) is 0 Å². The largest absolute Gasteiger partial charge is 0.384 e. The fourth-order valence-electron chi connectivity index (χ4n) is 3.78. The number of thioether (sulfide) groups is 1. The van der Waals surface area contributed by atoms with Crippen LogP contribution in [0.15, 0.2) is 89.2 Å². The van der Waals surface area contributed by atoms with Crippen molar-refractivity contribution >= 4 is 11.8 Å². The van der Waals surface area contributed by atoms with Gasteiger partial charge in [-0.2, -0.15) is 0 Å². The number of likely N-dealkylation sites (N-methyl/N-ethyl adjacent to an activating group) is 1. The quantitative estimate of drug-likeness (QED) is 0.468. The highest BCUT2D eigenvalue weighted by Gasteiger charge is 2.26. The number of rotatable bonds is 8. The number of hydrogen-bond acceptors (Lipinski definition) is 3. The predicted molar refractivity (Wildman–Crippen MR) is 135 cm³/mol. The van der Waals surface area contributed by atoms with Crippen molar-refractivity contribution in [3.8, 4) is 0 Å². The molecule has 30 heavy (non-hydrogen) atoms. The molecule has 0 saturated heterocycles. The molecule has 2 nitrogen and oxygen atoms in total. The molecule has 1 heterocycles. The van der Waals surface area contributed by atoms with Crippen LogP contribution in [0.2, 0.25) is 0 Å². The Morgan fingerprint density at radius 2 is 1.97 bits per heavy atom. The standard InChI is InChI=1S/C26H34N2S.CH4/c1-19(15-16-23-12-10-9-11-20(2)21(23)3)17-27-22(4)25-18-29-26(28(25)5)24-13-7-6-8-14-24;/h6-14,18-20,26-27H,4,15-17H2,1-3,5H3;1H4. The van der Waals surface area contributed by atoms with E-state index in [0.717, 1.165) is 18.7 Å². The van der Waals surface area contributed by atoms with E-state index in [1.807, 2.05) is 11.8 Å². The zero-order valence-corrected chi connectivity index (χ0v) is 19.0. The second-order valence-corrected chi connectivity index (χ2v) is 9.21. The first kappa shape index (κ1) is 24.1. The van der Waals surface area contributed by atoms with Crippen molar-refractivity contribution in [3.05, 3.63) is 94.7 Å². The molecule has 3 atom stereocenters. The van der Waals surface area contributed by atoms with Gasteiger partial charge in [-0.25, -0.2) is 0 Å². The van der Waals surface area contributed by atoms with E-state index >= 15 is 0 Å². The van der Waals surface area contributed by atoms with Gasteiger partial charge in [-0.3, -0.25) is 0 Å². The van der Waals surface area contributed by atoms with Crippen molar-refractivity contribution in [1.29, 1.82) is 0 Å². The molecule has 1 aromatic rings. The van der Waals surface area contributed by atoms with Gasteiger partial charge in [0.25, 0.3) is 0 Å². The maximum absolute atomic E-state index is 4.31. The molecular weight excluding hydrogens is 384 g/mol. The maximum Gasteiger partial charge on any atom is 0.104 e. The first-order chi connectivity index (χ1) is 14.0. The second-order valence-electron chi connectivity index (χ2n) is 8.26. The van der Waals surface area contributed by atoms with E-state index in [0.29, 0.717) is 17.2 Å². The van der Waals surface area contributed by atoms with Crippen LogP contribution in [0.4, 0.5) is 0 Å². The fourth-order valence-corrected chi connectivity index (χ4v) is 4.95. The molecule has 0 saturated carbocycles. The minimum atomic E-state index is 0. The molecule has 1 aromatic carbocycles. The van der Waals surface area contributed by atoms with Gasteiger partial charge in [0, 0.05) is 13.6 Å². The van der Waals surface area contributed by atoms with Gasteiger partial charge in [0.05, 0.1) is 11.4 Å². The Labute approximate surface area is 188 Å². The lowest BCUT2D eigenvalue weighted by molar-refractivity contribution is 0.407. The molecule has 3 unspecified atom stereocenters. The van der Waals surface area contributed by atoms with Crippen LogP contribution in [0.5, 0.6) is 0 Å². The lowest BCUT2D eigenvalue weighted by atomic mass is 9.93. The molecule has 0 fully saturated rings. The molecule has 162 valence electrons. The molecule has 0 aromatic heterocycles. The number of allylic oxidation sites excluding steroid dienone is 6. The van der Waals surface area contributed by atoms with Crippen LogP contribution in [0, 0.1) is 11.8 Å². The summed E-state index contributed by atoms with van der Waals surface area (Å²) in [5.74, 6) is 1.13. The molecule has 1 aliphatic heterocycles. The van der Waals surface area contributed by atoms with E-state index in [2.05, 4.69) is 105 Å². The van der Waals surface area contributed by atoms with Crippen LogP contribution in [-0.4, -0.2) is 18.5 Å². The summed E-state index contributed by atoms with van der Waals surface area (Å²) in [6.07, 6.45) is 11.2. The number of nitrogens with one attached hydrogen (secondary N) is 1. The predicted octanol–water partition coefficient (Wildman–Crippen LogP) is 7.44. The average Bonchev–Trinajstić information content (AvgIpc) is 3.04. The minimum absolute atomic E-state index is 0. The van der Waals surface area contributed by atoms with Crippen LogP contribution in [0.1, 0.15) is 52.0 Å². The van der Waals surface area contributed by atoms with Gasteiger partial charge in [0.15, 0.2) is 0 Å². The van der Waals surface area contributed by atoms with Gasteiger partial charge >= 0.3 is 0 Å². The summed E-state index contributed by atoms with van der Waals surface area (Å²) in [6, 6.07) is 10.7. The number of benzene rings is 1. The van der Waals surface area contributed by atoms with Gasteiger partial charge in [-0.05, 0) is 48.1 Å². The highest BCUT2D eigenvalue weighted by atomic mass is 32.2. The van der Waals surface area contributed by atoms with E-state index in [1.54, 1.807) is 0 Å². The summed E-state index contributed by atoms with van der Waals surface area (Å²) in [5.41, 5.74) is 6.54. The smallest absolute Gasteiger partial charge is 0.104 e. The van der Waals surface area contributed by atoms with Crippen LogP contribution < -0.4 is 5.32 Å². The third kappa shape index (κ3) is 5.95. The summed E-state index contributed by atoms with van der Waals surface area (Å²) in [4.78, 5) is 2.32. The Morgan fingerprint density at radius 1 is 1.23 bits per heavy atom. The summed E-state index contributed by atoms with van der Waals surface area (Å²) >= 11 is 1.85. The zero-order valence-electron chi connectivity index (χ0n) is 18.2. The Balaban J connectivity index is 0.00000320. The van der Waals surface area contributed by atoms with Crippen LogP contribution in [0.3, 0.4) is 0 Å². The van der Waals surface area contributed by atoms with Gasteiger partial charge < -0.3 is 10.2 Å². The highest BCUT2D eigenvalue weighted by Crippen LogP contribution is 2.42. The normalized spacial score (nSPS) is 21.7. The van der Waals surface area contributed by atoms with E-state index in [4.69, 9.17) is 0 Å². The van der Waals surface area contributed by atoms with E-state index < -0.39 is 0 Å². The van der Waals surface area contributed by atoms with Gasteiger partial charge in [-0.1, -0.05) is 88.1 Å². The summed E-state index contributed by atoms with van der Waals surface area (Å²) in [7, 11) is 2.16. The summed E-state index contributed by atoms with van der Waals surface area (Å²) < 4.78 is 0. The Bertz CT molecular complexity index is 832. The number of hydrogen-bond donors (Lipinski definition) is 1. The van der Waals surface area contributed by atoms with Crippen molar-refractivity contribution in [2.24, 2.45) is 11.8 Å². The molecule has 0 bridgehead atoms. The molecule has 0 spiro atoms. The van der Waals surface area contributed by atoms with Crippen molar-refractivity contribution in [2.75, 3.05) is 13.6 Å². The minimum Gasteiger partial charge on any atom is -0.384 e. The molecule has 1 N–H and O–H groups in total. The van der Waals surface area contributed by atoms with Crippen molar-refractivity contribution in [3.63, 3.8) is 0 Å². The number of nitrogens with zero attached hydrogens (tertiary/aromatic N) is 1. The third-order valence-corrected chi connectivity index (χ3v) is 7.21. The van der Waals surface area contributed by atoms with Crippen molar-refractivity contribution in [2.45, 2.75) is 46.4 Å². The SMILES string of the molecule is C.C=C(NCC(C)CCC1=C(C)C(C)C=CC=C1)C1=CSC(c2ccccc2)N1C. The molecule has 3 heteroatoms. The van der Waals surface area contributed by atoms with Crippen LogP contribution >= 0.6 is 11.8 Å². The highest BCUT2D eigenvalue weighted by molar-refractivity contribution is 8.02. The summed E-state index contributed by atoms with van der Waals surface area (Å²) in [6.45, 7) is 12.1. The monoisotopic (exact) mass is 422 g/mol. The van der Waals surface area contributed by atoms with Gasteiger partial charge in [0.2, 0.25) is 0 Å². The first-order valence-corrected chi connectivity index (χ1v) is 11.5. The molecule has 0 radical (unpaired) electrons. The van der Waals surface area contributed by atoms with Gasteiger partial charge in [-0.15, -0.1) is 11.8 Å². The summed E-state index contributed by atoms with van der Waals surface area (Å²) in [5, 5.41) is 6.14. The fraction of sp³-hybridized carbons (Fsp3) is 0.407. The van der Waals surface area contributed by atoms with E-state index in [9.17, 15) is 0 Å². The van der Waals surface area contributed by atoms with Crippen LogP contribution in [-0.2, 0) is 0 Å². The van der Waals surface area contributed by atoms with E-state index in [1.165, 1.54) is 28.8 Å². The van der Waals surface area contributed by atoms with Gasteiger partial charge in [0.1, 0.15) is 5.37 Å². The Hall–Kier alpha value is -2.13. The third-order valence-electron chi connectivity index (χ3n) is 6.00. The molecule has 0 amide bonds. The maximum atomic E-state index is 4.31. The van der Waals surface area contributed by atoms with E-state index in [-0.39, 0.29) is 7.43 Å². The Morgan fingerprint density at radius 3 is 2.70 bits per heavy atom. The lowest BCUT2D eigenvalue weighted by Crippen LogP contribution is -2.27. The average molecular weight is 423 g/mol. The first-order valence-electron chi connectivity index (χ1n) is 10.6. The topological polar surface area (TPSA) is 15.3 Å². The Kier molecular flexibility index (Phi) is 9.10. The zero-order chi connectivity index (χ0) is 20.8. The molecule has 3 rings (SSSR count). The van der Waals surface area contributed by atoms with Crippen molar-refractivity contribution < 1.29 is 0 Å². The lowest BCUT2D eigenvalue weighted by Gasteiger charge is -2.26. The van der Waals surface area contributed by atoms with Crippen molar-refractivity contribution in [1.82, 2.24) is 10.2 Å². The second kappa shape index (κ2) is 11.3. The molecule has 1 aliphatic carbocycles. The molecule has 2 aliphatic rings. The molecular formula is C27H38N2S.